The van der Waals surface area contributed by atoms with Gasteiger partial charge in [-0.05, 0) is 24.5 Å². The first-order chi connectivity index (χ1) is 10.4. The number of aliphatic carboxylic acids is 2. The van der Waals surface area contributed by atoms with Gasteiger partial charge in [-0.1, -0.05) is 0 Å². The maximum Gasteiger partial charge on any atom is 0.324 e. The average Bonchev–Trinajstić information content (AvgIpc) is 3.17. The Morgan fingerprint density at radius 3 is 2.45 bits per heavy atom. The van der Waals surface area contributed by atoms with E-state index >= 15 is 0 Å². The van der Waals surface area contributed by atoms with E-state index < -0.39 is 47.2 Å². The Balaban J connectivity index is 1.79. The average molecular weight is 305 g/mol. The number of nitrogens with two attached hydrogens (primary N) is 1. The Bertz CT molecular complexity index is 649. The molecule has 3 rings (SSSR count). The Labute approximate surface area is 125 Å². The fourth-order valence-corrected chi connectivity index (χ4v) is 3.59. The van der Waals surface area contributed by atoms with Crippen molar-refractivity contribution >= 4 is 17.8 Å². The summed E-state index contributed by atoms with van der Waals surface area (Å²) in [5, 5.41) is 21.2. The minimum absolute atomic E-state index is 0.0261. The third-order valence-corrected chi connectivity index (χ3v) is 4.63. The molecule has 8 nitrogen and oxygen atoms in total. The monoisotopic (exact) mass is 305 g/mol. The number of hydrogen-bond donors (Lipinski definition) is 4. The normalized spacial score (nSPS) is 35.5. The van der Waals surface area contributed by atoms with E-state index in [1.165, 1.54) is 24.5 Å². The van der Waals surface area contributed by atoms with Crippen LogP contribution >= 0.6 is 0 Å². The maximum atomic E-state index is 12.1. The van der Waals surface area contributed by atoms with E-state index in [9.17, 15) is 24.6 Å². The first-order valence-corrected chi connectivity index (χ1v) is 6.82. The molecule has 1 amide bonds. The molecule has 2 aliphatic carbocycles. The number of rotatable bonds is 4. The van der Waals surface area contributed by atoms with Gasteiger partial charge in [0.15, 0.2) is 0 Å². The van der Waals surface area contributed by atoms with Crippen LogP contribution in [0.15, 0.2) is 24.5 Å². The highest BCUT2D eigenvalue weighted by molar-refractivity contribution is 5.95. The predicted molar refractivity (Wildman–Crippen MR) is 72.8 cm³/mol. The zero-order valence-electron chi connectivity index (χ0n) is 11.5. The molecule has 5 atom stereocenters. The van der Waals surface area contributed by atoms with Gasteiger partial charge in [0, 0.05) is 29.9 Å². The molecule has 0 bridgehead atoms. The zero-order valence-corrected chi connectivity index (χ0v) is 11.5. The molecular formula is C14H15N3O5. The summed E-state index contributed by atoms with van der Waals surface area (Å²) in [7, 11) is 0. The summed E-state index contributed by atoms with van der Waals surface area (Å²) >= 11 is 0. The lowest BCUT2D eigenvalue weighted by atomic mass is 9.90. The number of hydrogen-bond acceptors (Lipinski definition) is 5. The van der Waals surface area contributed by atoms with Crippen LogP contribution in [-0.4, -0.2) is 44.6 Å². The topological polar surface area (TPSA) is 143 Å². The van der Waals surface area contributed by atoms with Crippen molar-refractivity contribution in [2.75, 3.05) is 0 Å². The van der Waals surface area contributed by atoms with Gasteiger partial charge in [0.2, 0.25) is 0 Å². The summed E-state index contributed by atoms with van der Waals surface area (Å²) in [6.07, 6.45) is 2.96. The van der Waals surface area contributed by atoms with Crippen LogP contribution in [0.4, 0.5) is 0 Å². The van der Waals surface area contributed by atoms with Crippen molar-refractivity contribution in [1.82, 2.24) is 10.3 Å². The number of carboxylic acids is 2. The predicted octanol–water partition coefficient (Wildman–Crippen LogP) is -0.687. The van der Waals surface area contributed by atoms with Gasteiger partial charge < -0.3 is 21.3 Å². The molecule has 0 radical (unpaired) electrons. The summed E-state index contributed by atoms with van der Waals surface area (Å²) in [4.78, 5) is 38.6. The van der Waals surface area contributed by atoms with Crippen LogP contribution in [0.2, 0.25) is 0 Å². The van der Waals surface area contributed by atoms with E-state index in [1.807, 2.05) is 0 Å². The van der Waals surface area contributed by atoms with Crippen LogP contribution in [0.5, 0.6) is 0 Å². The van der Waals surface area contributed by atoms with Crippen LogP contribution in [0.25, 0.3) is 0 Å². The van der Waals surface area contributed by atoms with Gasteiger partial charge in [0.25, 0.3) is 5.91 Å². The molecule has 2 fully saturated rings. The highest BCUT2D eigenvalue weighted by Crippen LogP contribution is 2.61. The Hall–Kier alpha value is -2.48. The standard InChI is InChI=1S/C14H15N3O5/c15-14(13(21)22)5-7(8-9(10(8)14)12(19)20)17-11(18)6-1-3-16-4-2-6/h1-4,7-10H,5,15H2,(H,17,18)(H,19,20)(H,21,22)/t7?,8?,9-,10?,14?/m0/s1. The summed E-state index contributed by atoms with van der Waals surface area (Å²) in [5.74, 6) is -4.61. The van der Waals surface area contributed by atoms with E-state index in [1.54, 1.807) is 0 Å². The molecule has 1 heterocycles. The van der Waals surface area contributed by atoms with Gasteiger partial charge in [-0.2, -0.15) is 0 Å². The van der Waals surface area contributed by atoms with Crippen LogP contribution in [0.3, 0.4) is 0 Å². The van der Waals surface area contributed by atoms with Crippen molar-refractivity contribution in [3.05, 3.63) is 30.1 Å². The Morgan fingerprint density at radius 1 is 1.27 bits per heavy atom. The Morgan fingerprint density at radius 2 is 1.91 bits per heavy atom. The maximum absolute atomic E-state index is 12.1. The molecule has 1 aromatic rings. The number of aromatic nitrogens is 1. The zero-order chi connectivity index (χ0) is 16.1. The second-order valence-electron chi connectivity index (χ2n) is 5.83. The van der Waals surface area contributed by atoms with Crippen molar-refractivity contribution < 1.29 is 24.6 Å². The molecule has 116 valence electrons. The molecule has 0 aliphatic heterocycles. The van der Waals surface area contributed by atoms with Crippen LogP contribution in [0.1, 0.15) is 16.8 Å². The summed E-state index contributed by atoms with van der Waals surface area (Å²) in [6.45, 7) is 0. The number of nitrogens with zero attached hydrogens (tertiary/aromatic N) is 1. The van der Waals surface area contributed by atoms with Crippen molar-refractivity contribution in [2.24, 2.45) is 23.5 Å². The van der Waals surface area contributed by atoms with Gasteiger partial charge in [-0.25, -0.2) is 0 Å². The van der Waals surface area contributed by atoms with E-state index in [0.717, 1.165) is 0 Å². The van der Waals surface area contributed by atoms with Crippen molar-refractivity contribution in [3.63, 3.8) is 0 Å². The molecule has 0 spiro atoms. The number of carbonyl (C=O) groups excluding carboxylic acids is 1. The first-order valence-electron chi connectivity index (χ1n) is 6.82. The second-order valence-corrected chi connectivity index (χ2v) is 5.83. The van der Waals surface area contributed by atoms with Crippen LogP contribution in [0, 0.1) is 17.8 Å². The number of amides is 1. The molecule has 5 N–H and O–H groups in total. The third-order valence-electron chi connectivity index (χ3n) is 4.63. The van der Waals surface area contributed by atoms with E-state index in [-0.39, 0.29) is 6.42 Å². The van der Waals surface area contributed by atoms with Gasteiger partial charge in [0.05, 0.1) is 5.92 Å². The molecule has 0 aromatic carbocycles. The van der Waals surface area contributed by atoms with E-state index in [2.05, 4.69) is 10.3 Å². The van der Waals surface area contributed by atoms with Gasteiger partial charge in [-0.15, -0.1) is 0 Å². The van der Waals surface area contributed by atoms with Gasteiger partial charge >= 0.3 is 11.9 Å². The van der Waals surface area contributed by atoms with Gasteiger partial charge in [-0.3, -0.25) is 19.4 Å². The summed E-state index contributed by atoms with van der Waals surface area (Å²) in [5.41, 5.74) is 4.67. The molecule has 2 saturated carbocycles. The summed E-state index contributed by atoms with van der Waals surface area (Å²) in [6, 6.07) is 2.49. The lowest BCUT2D eigenvalue weighted by molar-refractivity contribution is -0.145. The number of carbonyl (C=O) groups is 3. The number of nitrogens with one attached hydrogen (secondary N) is 1. The molecule has 0 saturated heterocycles. The van der Waals surface area contributed by atoms with E-state index in [4.69, 9.17) is 5.73 Å². The van der Waals surface area contributed by atoms with Crippen molar-refractivity contribution in [1.29, 1.82) is 0 Å². The molecule has 4 unspecified atom stereocenters. The lowest BCUT2D eigenvalue weighted by Gasteiger charge is -2.25. The number of fused-ring (bicyclic) bond motifs is 1. The quantitative estimate of drug-likeness (QED) is 0.576. The molecule has 8 heteroatoms. The molecular weight excluding hydrogens is 290 g/mol. The fraction of sp³-hybridized carbons (Fsp3) is 0.429. The number of pyridine rings is 1. The highest BCUT2D eigenvalue weighted by Gasteiger charge is 2.74. The van der Waals surface area contributed by atoms with Crippen molar-refractivity contribution in [2.45, 2.75) is 18.0 Å². The SMILES string of the molecule is NC1(C(=O)O)CC(NC(=O)c2ccncc2)C2C1[C@H]2C(=O)O. The first kappa shape index (κ1) is 14.5. The Kier molecular flexibility index (Phi) is 3.13. The van der Waals surface area contributed by atoms with Crippen LogP contribution in [-0.2, 0) is 9.59 Å². The van der Waals surface area contributed by atoms with Crippen LogP contribution < -0.4 is 11.1 Å². The fourth-order valence-electron chi connectivity index (χ4n) is 3.59. The summed E-state index contributed by atoms with van der Waals surface area (Å²) < 4.78 is 0. The smallest absolute Gasteiger partial charge is 0.324 e. The van der Waals surface area contributed by atoms with E-state index in [0.29, 0.717) is 5.56 Å². The van der Waals surface area contributed by atoms with Gasteiger partial charge in [0.1, 0.15) is 5.54 Å². The largest absolute Gasteiger partial charge is 0.481 e. The minimum atomic E-state index is -1.61. The molecule has 22 heavy (non-hydrogen) atoms. The lowest BCUT2D eigenvalue weighted by Crippen LogP contribution is -2.52. The third kappa shape index (κ3) is 2.03. The molecule has 1 aromatic heterocycles. The number of carboxylic acid groups (broad SMARTS) is 2. The van der Waals surface area contributed by atoms with Crippen molar-refractivity contribution in [3.8, 4) is 0 Å². The highest BCUT2D eigenvalue weighted by atomic mass is 16.4. The molecule has 2 aliphatic rings. The second kappa shape index (κ2) is 4.77. The minimum Gasteiger partial charge on any atom is -0.481 e.